The molecule has 4 aromatic heterocycles. The SMILES string of the molecule is C1CCC2=NCCCN2CC1.C1CCN(C2CCNCC2)CC1.CCN(CC)CC.O=C(O)c1cc(Cl)c2c(C3CCC3)nn(-c3ccccc3)c2n1.O=C(O)c1cc(N2CCC(N3CCCCC3)CC2)c2c(C3CCC3)nn(-c3ccccc3)c2n1. The molecule has 2 aliphatic carbocycles. The molecular formula is C69H98ClN13O4. The van der Waals surface area contributed by atoms with Crippen LogP contribution in [-0.4, -0.2) is 181 Å². The van der Waals surface area contributed by atoms with Gasteiger partial charge in [0.05, 0.1) is 50.1 Å². The Morgan fingerprint density at radius 1 is 0.540 bits per heavy atom. The number of aromatic nitrogens is 6. The molecule has 8 aliphatic rings. The summed E-state index contributed by atoms with van der Waals surface area (Å²) in [6, 6.07) is 24.3. The van der Waals surface area contributed by atoms with Crippen molar-refractivity contribution < 1.29 is 19.8 Å². The van der Waals surface area contributed by atoms with Crippen LogP contribution >= 0.6 is 11.6 Å². The number of aromatic carboxylic acids is 2. The number of piperidine rings is 4. The molecule has 3 N–H and O–H groups in total. The van der Waals surface area contributed by atoms with Gasteiger partial charge in [0, 0.05) is 63.1 Å². The van der Waals surface area contributed by atoms with Crippen molar-refractivity contribution in [2.45, 2.75) is 180 Å². The van der Waals surface area contributed by atoms with E-state index < -0.39 is 11.9 Å². The zero-order valence-electron chi connectivity index (χ0n) is 52.4. The molecule has 0 amide bonds. The van der Waals surface area contributed by atoms with E-state index in [0.717, 1.165) is 103 Å². The van der Waals surface area contributed by atoms with Gasteiger partial charge in [-0.1, -0.05) is 101 Å². The Morgan fingerprint density at radius 3 is 1.51 bits per heavy atom. The fraction of sp³-hybridized carbons (Fsp3) is 0.609. The maximum absolute atomic E-state index is 12.1. The van der Waals surface area contributed by atoms with Crippen molar-refractivity contribution in [3.8, 4) is 11.4 Å². The number of halogens is 1. The molecule has 17 nitrogen and oxygen atoms in total. The number of anilines is 1. The van der Waals surface area contributed by atoms with Gasteiger partial charge in [-0.25, -0.2) is 28.9 Å². The van der Waals surface area contributed by atoms with Crippen LogP contribution in [0.3, 0.4) is 0 Å². The van der Waals surface area contributed by atoms with Crippen molar-refractivity contribution in [2.75, 3.05) is 96.5 Å². The lowest BCUT2D eigenvalue weighted by Crippen LogP contribution is -2.46. The van der Waals surface area contributed by atoms with E-state index in [4.69, 9.17) is 21.8 Å². The fourth-order valence-corrected chi connectivity index (χ4v) is 14.2. The average molecular weight is 1210 g/mol. The molecule has 6 aliphatic heterocycles. The Balaban J connectivity index is 0.000000135. The monoisotopic (exact) mass is 1210 g/mol. The van der Waals surface area contributed by atoms with Gasteiger partial charge in [0.15, 0.2) is 22.7 Å². The Hall–Kier alpha value is -5.98. The van der Waals surface area contributed by atoms with E-state index in [9.17, 15) is 19.8 Å². The van der Waals surface area contributed by atoms with E-state index in [2.05, 4.69) is 65.5 Å². The van der Waals surface area contributed by atoms with E-state index in [1.165, 1.54) is 180 Å². The Bertz CT molecular complexity index is 3130. The van der Waals surface area contributed by atoms with Gasteiger partial charge in [-0.05, 0) is 192 Å². The second-order valence-corrected chi connectivity index (χ2v) is 25.4. The van der Waals surface area contributed by atoms with Crippen LogP contribution in [0, 0.1) is 0 Å². The van der Waals surface area contributed by atoms with Gasteiger partial charge in [-0.2, -0.15) is 10.2 Å². The highest BCUT2D eigenvalue weighted by Gasteiger charge is 2.34. The number of likely N-dealkylation sites (tertiary alicyclic amines) is 2. The first kappa shape index (κ1) is 64.0. The third-order valence-electron chi connectivity index (χ3n) is 19.5. The quantitative estimate of drug-likeness (QED) is 0.105. The van der Waals surface area contributed by atoms with Crippen LogP contribution in [0.1, 0.15) is 200 Å². The summed E-state index contributed by atoms with van der Waals surface area (Å²) in [5.41, 5.74) is 5.97. The van der Waals surface area contributed by atoms with Crippen molar-refractivity contribution in [2.24, 2.45) is 4.99 Å². The third kappa shape index (κ3) is 16.3. The number of pyridine rings is 2. The maximum Gasteiger partial charge on any atom is 0.354 e. The van der Waals surface area contributed by atoms with E-state index in [1.807, 2.05) is 65.3 Å². The summed E-state index contributed by atoms with van der Waals surface area (Å²) in [6.07, 6.45) is 26.8. The molecule has 2 saturated carbocycles. The molecule has 18 heteroatoms. The van der Waals surface area contributed by atoms with Crippen LogP contribution in [0.25, 0.3) is 33.4 Å². The molecule has 0 atom stereocenters. The summed E-state index contributed by atoms with van der Waals surface area (Å²) in [4.78, 5) is 49.5. The number of carboxylic acids is 2. The minimum Gasteiger partial charge on any atom is -0.477 e. The summed E-state index contributed by atoms with van der Waals surface area (Å²) in [5.74, 6) is 0.109. The molecule has 470 valence electrons. The number of para-hydroxylation sites is 2. The topological polar surface area (TPSA) is 177 Å². The maximum atomic E-state index is 12.1. The Morgan fingerprint density at radius 2 is 1.01 bits per heavy atom. The van der Waals surface area contributed by atoms with Crippen LogP contribution in [0.5, 0.6) is 0 Å². The number of benzene rings is 2. The minimum atomic E-state index is -1.10. The van der Waals surface area contributed by atoms with Gasteiger partial charge in [-0.3, -0.25) is 4.99 Å². The van der Waals surface area contributed by atoms with E-state index >= 15 is 0 Å². The number of carboxylic acid groups (broad SMARTS) is 2. The van der Waals surface area contributed by atoms with Gasteiger partial charge >= 0.3 is 11.9 Å². The number of carbonyl (C=O) groups is 2. The second kappa shape index (κ2) is 32.0. The van der Waals surface area contributed by atoms with Crippen molar-refractivity contribution in [3.05, 3.63) is 101 Å². The summed E-state index contributed by atoms with van der Waals surface area (Å²) in [7, 11) is 0. The lowest BCUT2D eigenvalue weighted by Gasteiger charge is -2.41. The molecule has 0 bridgehead atoms. The Kier molecular flexibility index (Phi) is 23.5. The normalized spacial score (nSPS) is 20.0. The number of hydrogen-bond donors (Lipinski definition) is 3. The predicted octanol–water partition coefficient (Wildman–Crippen LogP) is 13.1. The standard InChI is InChI=1S/C27H33N5O2.C17H14ClN3O2.C10H20N2.C9H16N2.C6H15N/c33-27(34)22-18-23(31-16-12-20(13-17-31)30-14-5-2-6-15-30)24-25(19-8-7-9-19)29-32(26(24)28-22)21-10-3-1-4-11-21;18-12-9-13(17(22)23)19-16-14(12)15(10-5-4-6-10)20-21(16)11-7-2-1-3-8-11;1-2-8-12(9-3-1)10-4-6-11-7-5-10;1-2-5-9-10-6-4-8-11(9)7-3-1;1-4-7(5-2)6-3/h1,3-4,10-11,18-20H,2,5-9,12-17H2,(H,33,34);1-3,7-10H,4-6H2,(H,22,23);10-11H,1-9H2;1-8H2;4-6H2,1-3H3. The van der Waals surface area contributed by atoms with Crippen molar-refractivity contribution >= 4 is 57.1 Å². The van der Waals surface area contributed by atoms with E-state index in [-0.39, 0.29) is 11.4 Å². The molecule has 2 aromatic carbocycles. The minimum absolute atomic E-state index is 0.0697. The number of rotatable bonds is 12. The summed E-state index contributed by atoms with van der Waals surface area (Å²) >= 11 is 6.38. The van der Waals surface area contributed by atoms with E-state index in [1.54, 1.807) is 10.7 Å². The molecular weight excluding hydrogens is 1110 g/mol. The highest BCUT2D eigenvalue weighted by atomic mass is 35.5. The van der Waals surface area contributed by atoms with Gasteiger partial charge in [0.25, 0.3) is 0 Å². The van der Waals surface area contributed by atoms with Crippen LogP contribution in [0.2, 0.25) is 5.02 Å². The number of amidine groups is 1. The fourth-order valence-electron chi connectivity index (χ4n) is 13.9. The number of nitrogens with zero attached hydrogens (tertiary/aromatic N) is 12. The lowest BCUT2D eigenvalue weighted by molar-refractivity contribution is 0.0680. The van der Waals surface area contributed by atoms with Gasteiger partial charge in [0.1, 0.15) is 0 Å². The molecule has 0 spiro atoms. The summed E-state index contributed by atoms with van der Waals surface area (Å²) < 4.78 is 3.56. The smallest absolute Gasteiger partial charge is 0.354 e. The molecule has 0 unspecified atom stereocenters. The number of aliphatic imine (C=N–C) groups is 1. The number of hydrogen-bond acceptors (Lipinski definition) is 13. The van der Waals surface area contributed by atoms with Crippen molar-refractivity contribution in [1.82, 2.24) is 54.4 Å². The molecule has 6 aromatic rings. The Labute approximate surface area is 521 Å². The number of nitrogens with one attached hydrogen (secondary N) is 1. The zero-order valence-corrected chi connectivity index (χ0v) is 53.2. The van der Waals surface area contributed by atoms with Crippen LogP contribution < -0.4 is 10.2 Å². The molecule has 5 saturated heterocycles. The van der Waals surface area contributed by atoms with Crippen molar-refractivity contribution in [3.63, 3.8) is 0 Å². The first-order chi connectivity index (χ1) is 42.6. The molecule has 10 heterocycles. The summed E-state index contributed by atoms with van der Waals surface area (Å²) in [5, 5.41) is 34.6. The highest BCUT2D eigenvalue weighted by molar-refractivity contribution is 6.35. The second-order valence-electron chi connectivity index (χ2n) is 25.0. The molecule has 7 fully saturated rings. The van der Waals surface area contributed by atoms with Gasteiger partial charge in [0.2, 0.25) is 0 Å². The average Bonchev–Trinajstić information content (AvgIpc) is 1.68. The molecule has 0 radical (unpaired) electrons. The molecule has 87 heavy (non-hydrogen) atoms. The van der Waals surface area contributed by atoms with Gasteiger partial charge in [-0.15, -0.1) is 0 Å². The zero-order chi connectivity index (χ0) is 60.5. The van der Waals surface area contributed by atoms with Crippen LogP contribution in [0.4, 0.5) is 5.69 Å². The number of fused-ring (bicyclic) bond motifs is 3. The van der Waals surface area contributed by atoms with E-state index in [0.29, 0.717) is 34.2 Å². The van der Waals surface area contributed by atoms with Crippen LogP contribution in [0.15, 0.2) is 77.8 Å². The summed E-state index contributed by atoms with van der Waals surface area (Å²) in [6.45, 7) is 23.3. The highest BCUT2D eigenvalue weighted by Crippen LogP contribution is 2.44. The first-order valence-electron chi connectivity index (χ1n) is 33.7. The van der Waals surface area contributed by atoms with Crippen molar-refractivity contribution in [1.29, 1.82) is 0 Å². The predicted molar refractivity (Wildman–Crippen MR) is 352 cm³/mol. The first-order valence-corrected chi connectivity index (χ1v) is 34.0. The molecule has 14 rings (SSSR count). The van der Waals surface area contributed by atoms with Crippen LogP contribution in [-0.2, 0) is 0 Å². The largest absolute Gasteiger partial charge is 0.477 e. The third-order valence-corrected chi connectivity index (χ3v) is 19.8. The van der Waals surface area contributed by atoms with Gasteiger partial charge < -0.3 is 40.0 Å². The lowest BCUT2D eigenvalue weighted by atomic mass is 9.82.